The normalized spacial score (nSPS) is 13.6. The standard InChI is InChI=1S/C14H19F3O2/c1-10(2)7-11(8-18)9-19-13-6-4-3-5-12(13)14(15,16)17/h3-6,10-11,18H,7-9H2,1-2H3. The van der Waals surface area contributed by atoms with E-state index in [0.29, 0.717) is 12.3 Å². The number of aliphatic hydroxyl groups is 1. The Kier molecular flexibility index (Phi) is 5.66. The van der Waals surface area contributed by atoms with Crippen LogP contribution >= 0.6 is 0 Å². The van der Waals surface area contributed by atoms with E-state index in [4.69, 9.17) is 4.74 Å². The number of hydrogen-bond donors (Lipinski definition) is 1. The highest BCUT2D eigenvalue weighted by molar-refractivity contribution is 5.35. The van der Waals surface area contributed by atoms with Crippen LogP contribution < -0.4 is 4.74 Å². The second-order valence-electron chi connectivity index (χ2n) is 4.98. The van der Waals surface area contributed by atoms with Crippen molar-refractivity contribution in [3.63, 3.8) is 0 Å². The maximum Gasteiger partial charge on any atom is 0.419 e. The van der Waals surface area contributed by atoms with Gasteiger partial charge in [-0.2, -0.15) is 13.2 Å². The van der Waals surface area contributed by atoms with Crippen molar-refractivity contribution in [1.82, 2.24) is 0 Å². The van der Waals surface area contributed by atoms with Crippen LogP contribution in [0.3, 0.4) is 0 Å². The molecule has 0 bridgehead atoms. The second kappa shape index (κ2) is 6.80. The van der Waals surface area contributed by atoms with Crippen LogP contribution in [0.1, 0.15) is 25.8 Å². The summed E-state index contributed by atoms with van der Waals surface area (Å²) in [6.45, 7) is 3.98. The van der Waals surface area contributed by atoms with Gasteiger partial charge in [0, 0.05) is 12.5 Å². The third-order valence-electron chi connectivity index (χ3n) is 2.73. The number of hydrogen-bond acceptors (Lipinski definition) is 2. The van der Waals surface area contributed by atoms with Gasteiger partial charge in [-0.05, 0) is 24.5 Å². The summed E-state index contributed by atoms with van der Waals surface area (Å²) in [5.41, 5.74) is -0.781. The number of para-hydroxylation sites is 1. The molecule has 0 aromatic heterocycles. The molecule has 2 nitrogen and oxygen atoms in total. The first-order valence-electron chi connectivity index (χ1n) is 6.24. The minimum absolute atomic E-state index is 0.0851. The molecule has 1 aromatic rings. The quantitative estimate of drug-likeness (QED) is 0.857. The van der Waals surface area contributed by atoms with Gasteiger partial charge in [-0.1, -0.05) is 26.0 Å². The van der Waals surface area contributed by atoms with Gasteiger partial charge in [-0.15, -0.1) is 0 Å². The molecule has 0 aliphatic rings. The lowest BCUT2D eigenvalue weighted by Crippen LogP contribution is -2.19. The van der Waals surface area contributed by atoms with E-state index in [1.165, 1.54) is 18.2 Å². The predicted molar refractivity (Wildman–Crippen MR) is 67.0 cm³/mol. The molecule has 0 saturated heterocycles. The highest BCUT2D eigenvalue weighted by Gasteiger charge is 2.34. The Bertz CT molecular complexity index is 389. The van der Waals surface area contributed by atoms with Crippen molar-refractivity contribution < 1.29 is 23.0 Å². The average molecular weight is 276 g/mol. The van der Waals surface area contributed by atoms with Gasteiger partial charge in [-0.25, -0.2) is 0 Å². The summed E-state index contributed by atoms with van der Waals surface area (Å²) in [6, 6.07) is 5.12. The number of benzene rings is 1. The molecule has 0 radical (unpaired) electrons. The lowest BCUT2D eigenvalue weighted by atomic mass is 9.99. The highest BCUT2D eigenvalue weighted by Crippen LogP contribution is 2.36. The van der Waals surface area contributed by atoms with Gasteiger partial charge < -0.3 is 9.84 Å². The van der Waals surface area contributed by atoms with E-state index in [1.54, 1.807) is 0 Å². The van der Waals surface area contributed by atoms with Crippen LogP contribution in [0.25, 0.3) is 0 Å². The zero-order chi connectivity index (χ0) is 14.5. The van der Waals surface area contributed by atoms with Gasteiger partial charge in [0.25, 0.3) is 0 Å². The molecule has 0 aliphatic heterocycles. The average Bonchev–Trinajstić information content (AvgIpc) is 2.33. The minimum atomic E-state index is -4.43. The Balaban J connectivity index is 2.72. The van der Waals surface area contributed by atoms with Crippen LogP contribution in [0.4, 0.5) is 13.2 Å². The van der Waals surface area contributed by atoms with E-state index >= 15 is 0 Å². The molecule has 0 saturated carbocycles. The van der Waals surface area contributed by atoms with Gasteiger partial charge >= 0.3 is 6.18 Å². The smallest absolute Gasteiger partial charge is 0.419 e. The third-order valence-corrected chi connectivity index (χ3v) is 2.73. The molecule has 0 aliphatic carbocycles. The van der Waals surface area contributed by atoms with Crippen molar-refractivity contribution in [3.05, 3.63) is 29.8 Å². The van der Waals surface area contributed by atoms with Crippen LogP contribution in [-0.2, 0) is 6.18 Å². The van der Waals surface area contributed by atoms with Crippen molar-refractivity contribution in [2.24, 2.45) is 11.8 Å². The lowest BCUT2D eigenvalue weighted by Gasteiger charge is -2.19. The summed E-state index contributed by atoms with van der Waals surface area (Å²) in [6.07, 6.45) is -3.71. The summed E-state index contributed by atoms with van der Waals surface area (Å²) in [5, 5.41) is 9.18. The number of halogens is 3. The van der Waals surface area contributed by atoms with E-state index in [-0.39, 0.29) is 24.9 Å². The Hall–Kier alpha value is -1.23. The molecule has 1 atom stereocenters. The summed E-state index contributed by atoms with van der Waals surface area (Å²) < 4.78 is 43.4. The van der Waals surface area contributed by atoms with Crippen LogP contribution in [0, 0.1) is 11.8 Å². The van der Waals surface area contributed by atoms with Crippen LogP contribution in [0.2, 0.25) is 0 Å². The molecular formula is C14H19F3O2. The molecule has 0 amide bonds. The van der Waals surface area contributed by atoms with Crippen molar-refractivity contribution in [1.29, 1.82) is 0 Å². The fraction of sp³-hybridized carbons (Fsp3) is 0.571. The largest absolute Gasteiger partial charge is 0.493 e. The molecule has 108 valence electrons. The van der Waals surface area contributed by atoms with Gasteiger partial charge in [0.2, 0.25) is 0 Å². The first-order valence-corrected chi connectivity index (χ1v) is 6.24. The maximum absolute atomic E-state index is 12.7. The van der Waals surface area contributed by atoms with E-state index in [1.807, 2.05) is 13.8 Å². The SMILES string of the molecule is CC(C)CC(CO)COc1ccccc1C(F)(F)F. The lowest BCUT2D eigenvalue weighted by molar-refractivity contribution is -0.139. The van der Waals surface area contributed by atoms with Crippen molar-refractivity contribution >= 4 is 0 Å². The molecule has 1 aromatic carbocycles. The molecular weight excluding hydrogens is 257 g/mol. The van der Waals surface area contributed by atoms with Crippen molar-refractivity contribution in [3.8, 4) is 5.75 Å². The number of aliphatic hydroxyl groups excluding tert-OH is 1. The Morgan fingerprint density at radius 1 is 1.21 bits per heavy atom. The maximum atomic E-state index is 12.7. The zero-order valence-corrected chi connectivity index (χ0v) is 11.1. The number of alkyl halides is 3. The van der Waals surface area contributed by atoms with Gasteiger partial charge in [-0.3, -0.25) is 0 Å². The Labute approximate surface area is 111 Å². The monoisotopic (exact) mass is 276 g/mol. The van der Waals surface area contributed by atoms with Gasteiger partial charge in [0.1, 0.15) is 5.75 Å². The van der Waals surface area contributed by atoms with Crippen molar-refractivity contribution in [2.75, 3.05) is 13.2 Å². The van der Waals surface area contributed by atoms with Crippen LogP contribution in [0.15, 0.2) is 24.3 Å². The van der Waals surface area contributed by atoms with Crippen LogP contribution in [-0.4, -0.2) is 18.3 Å². The first kappa shape index (κ1) is 15.8. The number of rotatable bonds is 6. The summed E-state index contributed by atoms with van der Waals surface area (Å²) >= 11 is 0. The summed E-state index contributed by atoms with van der Waals surface area (Å²) in [4.78, 5) is 0. The van der Waals surface area contributed by atoms with Gasteiger partial charge in [0.05, 0.1) is 12.2 Å². The molecule has 19 heavy (non-hydrogen) atoms. The molecule has 0 heterocycles. The molecule has 1 unspecified atom stereocenters. The molecule has 5 heteroatoms. The number of ether oxygens (including phenoxy) is 1. The fourth-order valence-electron chi connectivity index (χ4n) is 1.90. The van der Waals surface area contributed by atoms with E-state index in [9.17, 15) is 18.3 Å². The predicted octanol–water partition coefficient (Wildman–Crippen LogP) is 3.74. The fourth-order valence-corrected chi connectivity index (χ4v) is 1.90. The van der Waals surface area contributed by atoms with Gasteiger partial charge in [0.15, 0.2) is 0 Å². The Morgan fingerprint density at radius 2 is 1.84 bits per heavy atom. The molecule has 0 spiro atoms. The molecule has 1 rings (SSSR count). The first-order chi connectivity index (χ1) is 8.84. The van der Waals surface area contributed by atoms with E-state index < -0.39 is 11.7 Å². The van der Waals surface area contributed by atoms with Crippen molar-refractivity contribution in [2.45, 2.75) is 26.4 Å². The Morgan fingerprint density at radius 3 is 2.37 bits per heavy atom. The second-order valence-corrected chi connectivity index (χ2v) is 4.98. The highest BCUT2D eigenvalue weighted by atomic mass is 19.4. The minimum Gasteiger partial charge on any atom is -0.493 e. The molecule has 1 N–H and O–H groups in total. The summed E-state index contributed by atoms with van der Waals surface area (Å²) in [5.74, 6) is 0.0251. The third kappa shape index (κ3) is 5.11. The zero-order valence-electron chi connectivity index (χ0n) is 11.1. The van der Waals surface area contributed by atoms with E-state index in [2.05, 4.69) is 0 Å². The topological polar surface area (TPSA) is 29.5 Å². The summed E-state index contributed by atoms with van der Waals surface area (Å²) in [7, 11) is 0. The van der Waals surface area contributed by atoms with E-state index in [0.717, 1.165) is 6.07 Å². The molecule has 0 fully saturated rings. The van der Waals surface area contributed by atoms with Crippen LogP contribution in [0.5, 0.6) is 5.75 Å².